The third-order valence-electron chi connectivity index (χ3n) is 6.03. The first kappa shape index (κ1) is 33.7. The largest absolute Gasteiger partial charge is 0.339 e. The van der Waals surface area contributed by atoms with Gasteiger partial charge in [0.15, 0.2) is 0 Å². The average Bonchev–Trinajstić information content (AvgIpc) is 2.80. The van der Waals surface area contributed by atoms with E-state index >= 15 is 0 Å². The quantitative estimate of drug-likeness (QED) is 0.0809. The fourth-order valence-electron chi connectivity index (χ4n) is 3.95. The Labute approximate surface area is 208 Å². The Morgan fingerprint density at radius 3 is 0.970 bits per heavy atom. The average molecular weight is 511 g/mol. The molecule has 0 aliphatic heterocycles. The number of unbranched alkanes of at least 4 members (excludes halogenated alkanes) is 20. The highest BCUT2D eigenvalue weighted by Crippen LogP contribution is 2.50. The zero-order chi connectivity index (χ0) is 24.2. The van der Waals surface area contributed by atoms with Crippen LogP contribution >= 0.6 is 17.2 Å². The van der Waals surface area contributed by atoms with E-state index in [1.807, 2.05) is 0 Å². The van der Waals surface area contributed by atoms with Crippen molar-refractivity contribution in [2.45, 2.75) is 155 Å². The molecule has 33 heavy (non-hydrogen) atoms. The van der Waals surface area contributed by atoms with Gasteiger partial charge in [0.1, 0.15) is 0 Å². The fraction of sp³-hybridized carbons (Fsp3) is 1.00. The highest BCUT2D eigenvalue weighted by Gasteiger charge is 2.17. The van der Waals surface area contributed by atoms with Crippen LogP contribution in [0.1, 0.15) is 155 Å². The van der Waals surface area contributed by atoms with E-state index in [0.717, 1.165) is 25.7 Å². The second kappa shape index (κ2) is 28.9. The molecule has 0 spiro atoms. The van der Waals surface area contributed by atoms with Gasteiger partial charge in [-0.2, -0.15) is 0 Å². The van der Waals surface area contributed by atoms with Gasteiger partial charge in [-0.25, -0.2) is 4.31 Å². The minimum atomic E-state index is -2.44. The predicted octanol–water partition coefficient (Wildman–Crippen LogP) is 10.1. The van der Waals surface area contributed by atoms with Crippen LogP contribution in [-0.4, -0.2) is 23.0 Å². The van der Waals surface area contributed by atoms with Gasteiger partial charge in [-0.1, -0.05) is 142 Å². The monoisotopic (exact) mass is 510 g/mol. The molecule has 0 aliphatic carbocycles. The first-order valence-corrected chi connectivity index (χ1v) is 16.4. The Hall–Kier alpha value is 0.660. The molecule has 0 bridgehead atoms. The summed E-state index contributed by atoms with van der Waals surface area (Å²) in [6.45, 7) is 5.64. The standard InChI is InChI=1S/C26H56O5P2/c1-3-5-7-9-11-13-15-17-19-21-23-25-29-33(31-32(27)28)30-26-24-22-20-18-16-14-12-10-8-6-4-2/h27-28H,3-26H2,1-2H3. The van der Waals surface area contributed by atoms with Crippen molar-refractivity contribution in [3.8, 4) is 0 Å². The smallest absolute Gasteiger partial charge is 0.328 e. The summed E-state index contributed by atoms with van der Waals surface area (Å²) < 4.78 is 16.4. The highest BCUT2D eigenvalue weighted by atomic mass is 31.2. The lowest BCUT2D eigenvalue weighted by molar-refractivity contribution is 0.192. The normalized spacial score (nSPS) is 11.8. The SMILES string of the molecule is CCCCCCCCCCCCCOP(OCCCCCCCCCCCCC)OP(O)O. The molecular formula is C26H56O5P2. The molecule has 0 fully saturated rings. The molecular weight excluding hydrogens is 454 g/mol. The molecule has 0 aromatic rings. The van der Waals surface area contributed by atoms with Crippen LogP contribution in [-0.2, 0) is 13.4 Å². The third-order valence-corrected chi connectivity index (χ3v) is 7.93. The van der Waals surface area contributed by atoms with Gasteiger partial charge in [-0.15, -0.1) is 0 Å². The van der Waals surface area contributed by atoms with E-state index in [2.05, 4.69) is 13.8 Å². The molecule has 2 N–H and O–H groups in total. The lowest BCUT2D eigenvalue weighted by atomic mass is 10.1. The maximum Gasteiger partial charge on any atom is 0.339 e. The van der Waals surface area contributed by atoms with E-state index in [0.29, 0.717) is 13.2 Å². The molecule has 0 rings (SSSR count). The van der Waals surface area contributed by atoms with Crippen LogP contribution in [0.5, 0.6) is 0 Å². The maximum absolute atomic E-state index is 9.16. The summed E-state index contributed by atoms with van der Waals surface area (Å²) in [4.78, 5) is 18.3. The van der Waals surface area contributed by atoms with Crippen LogP contribution in [0.15, 0.2) is 0 Å². The van der Waals surface area contributed by atoms with Gasteiger partial charge in [0, 0.05) is 0 Å². The Bertz CT molecular complexity index is 334. The summed E-state index contributed by atoms with van der Waals surface area (Å²) >= 11 is 0. The molecule has 0 heterocycles. The first-order valence-electron chi connectivity index (χ1n) is 14.1. The van der Waals surface area contributed by atoms with Crippen molar-refractivity contribution in [1.82, 2.24) is 0 Å². The Kier molecular flexibility index (Phi) is 29.5. The number of hydrogen-bond acceptors (Lipinski definition) is 5. The molecule has 0 radical (unpaired) electrons. The van der Waals surface area contributed by atoms with E-state index in [1.165, 1.54) is 116 Å². The van der Waals surface area contributed by atoms with Crippen molar-refractivity contribution in [2.75, 3.05) is 13.2 Å². The van der Waals surface area contributed by atoms with Gasteiger partial charge in [0.2, 0.25) is 0 Å². The number of hydrogen-bond donors (Lipinski definition) is 2. The first-order chi connectivity index (χ1) is 16.2. The zero-order valence-electron chi connectivity index (χ0n) is 22.0. The topological polar surface area (TPSA) is 68.2 Å². The van der Waals surface area contributed by atoms with Gasteiger partial charge in [-0.3, -0.25) is 0 Å². The van der Waals surface area contributed by atoms with Crippen LogP contribution < -0.4 is 0 Å². The van der Waals surface area contributed by atoms with E-state index in [4.69, 9.17) is 23.1 Å². The van der Waals surface area contributed by atoms with E-state index in [1.54, 1.807) is 0 Å². The van der Waals surface area contributed by atoms with Crippen LogP contribution in [0, 0.1) is 0 Å². The van der Waals surface area contributed by atoms with Gasteiger partial charge >= 0.3 is 17.2 Å². The summed E-state index contributed by atoms with van der Waals surface area (Å²) in [5.74, 6) is 0. The van der Waals surface area contributed by atoms with Crippen molar-refractivity contribution in [3.63, 3.8) is 0 Å². The van der Waals surface area contributed by atoms with Gasteiger partial charge < -0.3 is 18.8 Å². The summed E-state index contributed by atoms with van der Waals surface area (Å²) in [5.41, 5.74) is 0. The van der Waals surface area contributed by atoms with Gasteiger partial charge in [-0.05, 0) is 12.8 Å². The molecule has 5 nitrogen and oxygen atoms in total. The maximum atomic E-state index is 9.16. The van der Waals surface area contributed by atoms with Crippen molar-refractivity contribution in [2.24, 2.45) is 0 Å². The van der Waals surface area contributed by atoms with Crippen LogP contribution in [0.25, 0.3) is 0 Å². The summed E-state index contributed by atoms with van der Waals surface area (Å²) in [6.07, 6.45) is 28.4. The molecule has 0 saturated carbocycles. The summed E-state index contributed by atoms with van der Waals surface area (Å²) in [5, 5.41) is 0. The van der Waals surface area contributed by atoms with Crippen LogP contribution in [0.2, 0.25) is 0 Å². The molecule has 200 valence electrons. The van der Waals surface area contributed by atoms with E-state index < -0.39 is 17.2 Å². The molecule has 0 aliphatic rings. The van der Waals surface area contributed by atoms with Gasteiger partial charge in [0.05, 0.1) is 13.2 Å². The molecule has 0 atom stereocenters. The summed E-state index contributed by atoms with van der Waals surface area (Å²) in [7, 11) is -4.09. The van der Waals surface area contributed by atoms with E-state index in [9.17, 15) is 0 Å². The third kappa shape index (κ3) is 28.8. The van der Waals surface area contributed by atoms with Crippen molar-refractivity contribution >= 4 is 17.2 Å². The molecule has 0 aromatic heterocycles. The molecule has 0 saturated heterocycles. The minimum absolute atomic E-state index is 0.560. The lowest BCUT2D eigenvalue weighted by Crippen LogP contribution is -1.97. The second-order valence-electron chi connectivity index (χ2n) is 9.30. The second-order valence-corrected chi connectivity index (χ2v) is 11.4. The molecule has 0 amide bonds. The Morgan fingerprint density at radius 2 is 0.697 bits per heavy atom. The highest BCUT2D eigenvalue weighted by molar-refractivity contribution is 7.54. The van der Waals surface area contributed by atoms with Gasteiger partial charge in [0.25, 0.3) is 0 Å². The molecule has 7 heteroatoms. The Morgan fingerprint density at radius 1 is 0.424 bits per heavy atom. The molecule has 0 aromatic carbocycles. The number of rotatable bonds is 28. The predicted molar refractivity (Wildman–Crippen MR) is 144 cm³/mol. The van der Waals surface area contributed by atoms with E-state index in [-0.39, 0.29) is 0 Å². The van der Waals surface area contributed by atoms with Crippen LogP contribution in [0.3, 0.4) is 0 Å². The summed E-state index contributed by atoms with van der Waals surface area (Å²) in [6, 6.07) is 0. The van der Waals surface area contributed by atoms with Crippen molar-refractivity contribution in [1.29, 1.82) is 0 Å². The van der Waals surface area contributed by atoms with Crippen molar-refractivity contribution in [3.05, 3.63) is 0 Å². The lowest BCUT2D eigenvalue weighted by Gasteiger charge is -2.16. The van der Waals surface area contributed by atoms with Crippen molar-refractivity contribution < 1.29 is 23.1 Å². The Balaban J connectivity index is 3.51. The minimum Gasteiger partial charge on any atom is -0.328 e. The zero-order valence-corrected chi connectivity index (χ0v) is 23.8. The fourth-order valence-corrected chi connectivity index (χ4v) is 5.44. The van der Waals surface area contributed by atoms with Crippen LogP contribution in [0.4, 0.5) is 0 Å². The molecule has 0 unspecified atom stereocenters.